The molecular weight excluding hydrogens is 385 g/mol. The third-order valence-corrected chi connectivity index (χ3v) is 5.30. The molecule has 110 valence electrons. The Bertz CT molecular complexity index is 642. The van der Waals surface area contributed by atoms with Gasteiger partial charge in [0.1, 0.15) is 9.92 Å². The smallest absolute Gasteiger partial charge is 0.248 e. The fraction of sp³-hybridized carbons (Fsp3) is 0. The second-order valence-corrected chi connectivity index (χ2v) is 8.16. The van der Waals surface area contributed by atoms with Gasteiger partial charge in [-0.05, 0) is 52.3 Å². The van der Waals surface area contributed by atoms with E-state index >= 15 is 0 Å². The van der Waals surface area contributed by atoms with Crippen molar-refractivity contribution in [2.45, 2.75) is 14.8 Å². The molecule has 0 aliphatic rings. The number of rotatable bonds is 3. The number of pyridine rings is 1. The molecule has 1 aromatic heterocycles. The van der Waals surface area contributed by atoms with Crippen LogP contribution in [0.15, 0.2) is 61.9 Å². The first kappa shape index (κ1) is 15.6. The quantitative estimate of drug-likeness (QED) is 0.543. The maximum atomic E-state index is 12.5. The monoisotopic (exact) mass is 391 g/mol. The summed E-state index contributed by atoms with van der Waals surface area (Å²) in [5.41, 5.74) is 0. The molecule has 0 fully saturated rings. The number of hydrogen-bond acceptors (Lipinski definition) is 2. The zero-order valence-electron chi connectivity index (χ0n) is 9.57. The first-order valence-corrected chi connectivity index (χ1v) is 8.64. The molecule has 0 aliphatic heterocycles. The van der Waals surface area contributed by atoms with Gasteiger partial charge in [-0.1, -0.05) is 31.2 Å². The van der Waals surface area contributed by atoms with Crippen molar-refractivity contribution < 1.29 is 19.4 Å². The van der Waals surface area contributed by atoms with Crippen LogP contribution in [-0.2, 0) is 0 Å². The van der Waals surface area contributed by atoms with Crippen molar-refractivity contribution in [1.82, 2.24) is 4.98 Å². The maximum absolute atomic E-state index is 12.5. The lowest BCUT2D eigenvalue weighted by Gasteiger charge is -2.40. The van der Waals surface area contributed by atoms with E-state index in [0.29, 0.717) is 26.5 Å². The lowest BCUT2D eigenvalue weighted by atomic mass is 10.4. The van der Waals surface area contributed by atoms with Crippen LogP contribution in [0, 0.1) is 0 Å². The highest BCUT2D eigenvalue weighted by atomic mass is 79.9. The van der Waals surface area contributed by atoms with Gasteiger partial charge in [-0.25, -0.2) is 4.98 Å². The topological polar surface area (TPSA) is 12.9 Å². The van der Waals surface area contributed by atoms with E-state index in [9.17, 15) is 19.4 Å². The lowest BCUT2D eigenvalue weighted by Crippen LogP contribution is -2.05. The van der Waals surface area contributed by atoms with Gasteiger partial charge < -0.3 is 0 Å². The molecule has 20 heavy (non-hydrogen) atoms. The lowest BCUT2D eigenvalue weighted by molar-refractivity contribution is 0.364. The molecule has 1 aromatic carbocycles. The Morgan fingerprint density at radius 1 is 0.950 bits per heavy atom. The maximum Gasteiger partial charge on any atom is 0.310 e. The number of nitrogens with zero attached hydrogens (tertiary/aromatic N) is 1. The van der Waals surface area contributed by atoms with Crippen LogP contribution in [0.1, 0.15) is 0 Å². The van der Waals surface area contributed by atoms with Crippen LogP contribution in [0.4, 0.5) is 19.4 Å². The highest BCUT2D eigenvalue weighted by molar-refractivity contribution is 9.10. The van der Waals surface area contributed by atoms with Crippen molar-refractivity contribution >= 4 is 37.9 Å². The molecular formula is C11H7BrF5NS2. The summed E-state index contributed by atoms with van der Waals surface area (Å²) in [5, 5.41) is 0.535. The highest BCUT2D eigenvalue weighted by Crippen LogP contribution is 3.02. The molecule has 2 aromatic rings. The Morgan fingerprint density at radius 3 is 2.05 bits per heavy atom. The largest absolute Gasteiger partial charge is 0.310 e. The summed E-state index contributed by atoms with van der Waals surface area (Å²) >= 11 is 4.31. The average molecular weight is 392 g/mol. The van der Waals surface area contributed by atoms with Gasteiger partial charge in [-0.3, -0.25) is 0 Å². The van der Waals surface area contributed by atoms with Gasteiger partial charge in [-0.2, -0.15) is 0 Å². The number of halogens is 6. The van der Waals surface area contributed by atoms with Crippen molar-refractivity contribution in [3.63, 3.8) is 0 Å². The number of benzene rings is 1. The molecule has 0 spiro atoms. The van der Waals surface area contributed by atoms with Crippen LogP contribution in [0.5, 0.6) is 0 Å². The molecule has 0 saturated heterocycles. The highest BCUT2D eigenvalue weighted by Gasteiger charge is 2.65. The van der Waals surface area contributed by atoms with E-state index in [2.05, 4.69) is 20.9 Å². The van der Waals surface area contributed by atoms with E-state index in [0.717, 1.165) is 23.9 Å². The van der Waals surface area contributed by atoms with Gasteiger partial charge in [0.2, 0.25) is 0 Å². The fourth-order valence-electron chi connectivity index (χ4n) is 1.32. The van der Waals surface area contributed by atoms with Crippen molar-refractivity contribution in [1.29, 1.82) is 0 Å². The minimum Gasteiger partial charge on any atom is -0.248 e. The van der Waals surface area contributed by atoms with E-state index in [1.165, 1.54) is 6.20 Å². The minimum atomic E-state index is -9.60. The van der Waals surface area contributed by atoms with Gasteiger partial charge in [0, 0.05) is 11.1 Å². The van der Waals surface area contributed by atoms with Crippen LogP contribution >= 0.6 is 37.9 Å². The number of hydrogen-bond donors (Lipinski definition) is 0. The molecule has 0 unspecified atom stereocenters. The summed E-state index contributed by atoms with van der Waals surface area (Å²) in [4.78, 5) is 2.52. The van der Waals surface area contributed by atoms with Crippen molar-refractivity contribution in [3.8, 4) is 0 Å². The zero-order valence-corrected chi connectivity index (χ0v) is 12.8. The molecule has 1 nitrogen and oxygen atoms in total. The average Bonchev–Trinajstić information content (AvgIpc) is 2.30. The van der Waals surface area contributed by atoms with Gasteiger partial charge >= 0.3 is 10.2 Å². The summed E-state index contributed by atoms with van der Waals surface area (Å²) in [7, 11) is -9.60. The molecule has 0 saturated carbocycles. The summed E-state index contributed by atoms with van der Waals surface area (Å²) in [6.07, 6.45) is 1.52. The molecule has 0 aliphatic carbocycles. The first-order valence-electron chi connectivity index (χ1n) is 5.08. The predicted molar refractivity (Wildman–Crippen MR) is 73.9 cm³/mol. The van der Waals surface area contributed by atoms with E-state index in [-0.39, 0.29) is 0 Å². The molecule has 1 heterocycles. The Balaban J connectivity index is 2.29. The SMILES string of the molecule is FS(F)(F)(F)(F)c1ccc(Sc2ncccc2Br)cc1. The molecule has 0 atom stereocenters. The Morgan fingerprint density at radius 2 is 1.55 bits per heavy atom. The van der Waals surface area contributed by atoms with Crippen LogP contribution in [-0.4, -0.2) is 4.98 Å². The van der Waals surface area contributed by atoms with Crippen molar-refractivity contribution in [3.05, 3.63) is 47.1 Å². The van der Waals surface area contributed by atoms with Crippen LogP contribution in [0.3, 0.4) is 0 Å². The Kier molecular flexibility index (Phi) is 3.39. The normalized spacial score (nSPS) is 15.5. The summed E-state index contributed by atoms with van der Waals surface area (Å²) in [6.45, 7) is 0. The standard InChI is InChI=1S/C11H7BrF5NS2/c12-10-2-1-7-18-11(10)19-8-3-5-9(6-4-8)20(13,14,15,16)17/h1-7H. The molecule has 9 heteroatoms. The zero-order chi connectivity index (χ0) is 15.1. The summed E-state index contributed by atoms with van der Waals surface area (Å²) in [5.74, 6) is 0. The molecule has 0 radical (unpaired) electrons. The van der Waals surface area contributed by atoms with E-state index in [1.807, 2.05) is 0 Å². The first-order chi connectivity index (χ1) is 8.95. The van der Waals surface area contributed by atoms with Crippen LogP contribution in [0.2, 0.25) is 0 Å². The summed E-state index contributed by atoms with van der Waals surface area (Å²) < 4.78 is 63.4. The van der Waals surface area contributed by atoms with Crippen LogP contribution in [0.25, 0.3) is 0 Å². The van der Waals surface area contributed by atoms with Crippen LogP contribution < -0.4 is 0 Å². The van der Waals surface area contributed by atoms with E-state index in [1.54, 1.807) is 12.1 Å². The molecule has 2 rings (SSSR count). The minimum absolute atomic E-state index is 0.384. The number of aromatic nitrogens is 1. The van der Waals surface area contributed by atoms with Gasteiger partial charge in [0.05, 0.1) is 4.47 Å². The van der Waals surface area contributed by atoms with Crippen molar-refractivity contribution in [2.24, 2.45) is 0 Å². The molecule has 0 bridgehead atoms. The molecule has 0 N–H and O–H groups in total. The van der Waals surface area contributed by atoms with Gasteiger partial charge in [0.15, 0.2) is 0 Å². The summed E-state index contributed by atoms with van der Waals surface area (Å²) in [6, 6.07) is 6.18. The third-order valence-electron chi connectivity index (χ3n) is 2.21. The third kappa shape index (κ3) is 3.86. The van der Waals surface area contributed by atoms with Crippen molar-refractivity contribution in [2.75, 3.05) is 0 Å². The Labute approximate surface area is 124 Å². The second-order valence-electron chi connectivity index (χ2n) is 3.83. The predicted octanol–water partition coefficient (Wildman–Crippen LogP) is 6.65. The molecule has 0 amide bonds. The fourth-order valence-corrected chi connectivity index (χ4v) is 3.25. The van der Waals surface area contributed by atoms with E-state index < -0.39 is 15.1 Å². The Hall–Kier alpha value is -0.800. The van der Waals surface area contributed by atoms with E-state index in [4.69, 9.17) is 0 Å². The van der Waals surface area contributed by atoms with Gasteiger partial charge in [-0.15, -0.1) is 0 Å². The second kappa shape index (κ2) is 4.35. The van der Waals surface area contributed by atoms with Gasteiger partial charge in [0.25, 0.3) is 0 Å².